The van der Waals surface area contributed by atoms with Gasteiger partial charge in [0.1, 0.15) is 74.3 Å². The van der Waals surface area contributed by atoms with Crippen molar-refractivity contribution in [1.82, 2.24) is 0 Å². The van der Waals surface area contributed by atoms with Crippen LogP contribution in [0.5, 0.6) is 23.0 Å². The van der Waals surface area contributed by atoms with E-state index in [2.05, 4.69) is 0 Å². The molecule has 60 heavy (non-hydrogen) atoms. The molecule has 0 aliphatic carbocycles. The van der Waals surface area contributed by atoms with E-state index >= 15 is 0 Å². The molecule has 3 fully saturated rings. The number of hydrogen-bond donors (Lipinski definition) is 11. The largest absolute Gasteiger partial charge is 0.504 e. The first-order chi connectivity index (χ1) is 28.6. The Hall–Kier alpha value is -4.50. The van der Waals surface area contributed by atoms with E-state index in [4.69, 9.17) is 42.6 Å². The predicted octanol–water partition coefficient (Wildman–Crippen LogP) is -3.97. The number of benzene rings is 2. The lowest BCUT2D eigenvalue weighted by molar-refractivity contribution is -0.383. The van der Waals surface area contributed by atoms with E-state index in [-0.39, 0.29) is 23.0 Å². The average molecular weight is 857 g/mol. The Kier molecular flexibility index (Phi) is 15.8. The van der Waals surface area contributed by atoms with E-state index in [9.17, 15) is 65.8 Å². The summed E-state index contributed by atoms with van der Waals surface area (Å²) in [5.41, 5.74) is 0.740. The first-order valence-corrected chi connectivity index (χ1v) is 18.3. The van der Waals surface area contributed by atoms with Crippen LogP contribution in [0.3, 0.4) is 0 Å². The Morgan fingerprint density at radius 3 is 1.80 bits per heavy atom. The number of phenols is 1. The van der Waals surface area contributed by atoms with Crippen molar-refractivity contribution in [2.45, 2.75) is 85.5 Å². The van der Waals surface area contributed by atoms with Gasteiger partial charge in [-0.25, -0.2) is 9.59 Å². The van der Waals surface area contributed by atoms with Crippen LogP contribution < -0.4 is 14.2 Å². The molecule has 2 aromatic rings. The predicted molar refractivity (Wildman–Crippen MR) is 197 cm³/mol. The van der Waals surface area contributed by atoms with Crippen LogP contribution >= 0.6 is 0 Å². The molecule has 3 heterocycles. The summed E-state index contributed by atoms with van der Waals surface area (Å²) in [5, 5.41) is 112. The van der Waals surface area contributed by atoms with E-state index < -0.39 is 124 Å². The molecule has 22 nitrogen and oxygen atoms in total. The second kappa shape index (κ2) is 20.4. The third-order valence-electron chi connectivity index (χ3n) is 9.80. The average Bonchev–Trinajstić information content (AvgIpc) is 3.51. The summed E-state index contributed by atoms with van der Waals surface area (Å²) < 4.78 is 49.0. The monoisotopic (exact) mass is 856 g/mol. The lowest BCUT2D eigenvalue weighted by Gasteiger charge is -2.43. The molecule has 0 radical (unpaired) electrons. The van der Waals surface area contributed by atoms with Gasteiger partial charge in [-0.1, -0.05) is 12.1 Å². The SMILES string of the molecule is COc1cc(/C=C/C(=O)O[C@H]2[C@H](O)[C@@H](COC(=O)/C=C/c3ccc(O[C@@H]4O[C@H](CO)[C@@H](O)[C@H](O)[C@H]4O)c(OC)c3)O[C@@]2(CO)O[C@H]2O[C@H](CO)[C@@H](O)[C@H](O)[C@H]2O)ccc1O. The number of aliphatic hydroxyl groups is 10. The maximum absolute atomic E-state index is 13.1. The minimum absolute atomic E-state index is 0.0264. The first kappa shape index (κ1) is 46.6. The summed E-state index contributed by atoms with van der Waals surface area (Å²) in [4.78, 5) is 25.9. The van der Waals surface area contributed by atoms with Gasteiger partial charge in [0.05, 0.1) is 27.4 Å². The van der Waals surface area contributed by atoms with E-state index in [1.165, 1.54) is 62.8 Å². The molecule has 0 bridgehead atoms. The maximum Gasteiger partial charge on any atom is 0.331 e. The van der Waals surface area contributed by atoms with Gasteiger partial charge in [0.2, 0.25) is 12.1 Å². The Bertz CT molecular complexity index is 1820. The molecule has 14 atom stereocenters. The zero-order chi connectivity index (χ0) is 43.9. The molecule has 332 valence electrons. The van der Waals surface area contributed by atoms with Crippen LogP contribution in [0, 0.1) is 0 Å². The lowest BCUT2D eigenvalue weighted by Crippen LogP contribution is -2.63. The van der Waals surface area contributed by atoms with Gasteiger partial charge >= 0.3 is 11.9 Å². The van der Waals surface area contributed by atoms with Crippen molar-refractivity contribution in [2.75, 3.05) is 40.6 Å². The fourth-order valence-electron chi connectivity index (χ4n) is 6.44. The van der Waals surface area contributed by atoms with Crippen molar-refractivity contribution in [1.29, 1.82) is 0 Å². The van der Waals surface area contributed by atoms with E-state index in [0.29, 0.717) is 11.1 Å². The Labute approximate surface area is 341 Å². The normalized spacial score (nSPS) is 34.4. The van der Waals surface area contributed by atoms with Gasteiger partial charge in [-0.2, -0.15) is 0 Å². The Morgan fingerprint density at radius 1 is 0.667 bits per heavy atom. The zero-order valence-corrected chi connectivity index (χ0v) is 32.0. The topological polar surface area (TPSA) is 340 Å². The quantitative estimate of drug-likeness (QED) is 0.0567. The van der Waals surface area contributed by atoms with Crippen molar-refractivity contribution in [3.05, 3.63) is 59.7 Å². The summed E-state index contributed by atoms with van der Waals surface area (Å²) in [5.74, 6) is -4.63. The van der Waals surface area contributed by atoms with Crippen LogP contribution in [0.15, 0.2) is 48.6 Å². The molecule has 0 spiro atoms. The van der Waals surface area contributed by atoms with Crippen molar-refractivity contribution < 1.29 is 108 Å². The second-order valence-electron chi connectivity index (χ2n) is 13.7. The van der Waals surface area contributed by atoms with Gasteiger partial charge in [-0.3, -0.25) is 0 Å². The molecular weight excluding hydrogens is 808 g/mol. The standard InChI is InChI=1S/C38H48O22/c1-52-21-11-17(3-7-19(21)42)6-10-27(44)58-35-30(47)25(59-38(35,16-41)60-37-34(51)32(49)29(46)24(14-40)57-37)15-54-26(43)9-5-18-4-8-20(22(12-18)53-2)55-36-33(50)31(48)28(45)23(13-39)56-36/h3-12,23-25,28-37,39-42,45-51H,13-16H2,1-2H3/b9-5+,10-6+/t23-,24-,25-,28-,29-,30-,31+,32+,33-,34-,35+,36-,37-,38+/m1/s1. The summed E-state index contributed by atoms with van der Waals surface area (Å²) >= 11 is 0. The molecule has 3 aliphatic heterocycles. The molecule has 3 aliphatic rings. The number of phenolic OH excluding ortho intramolecular Hbond substituents is 1. The highest BCUT2D eigenvalue weighted by Crippen LogP contribution is 2.39. The molecule has 2 aromatic carbocycles. The summed E-state index contributed by atoms with van der Waals surface area (Å²) in [7, 11) is 2.62. The molecule has 5 rings (SSSR count). The molecule has 0 unspecified atom stereocenters. The molecule has 0 amide bonds. The summed E-state index contributed by atoms with van der Waals surface area (Å²) in [6.07, 6.45) is -17.8. The van der Waals surface area contributed by atoms with Gasteiger partial charge in [0, 0.05) is 12.2 Å². The highest BCUT2D eigenvalue weighted by atomic mass is 16.8. The van der Waals surface area contributed by atoms with E-state index in [0.717, 1.165) is 12.2 Å². The van der Waals surface area contributed by atoms with Crippen LogP contribution in [0.1, 0.15) is 11.1 Å². The van der Waals surface area contributed by atoms with Gasteiger partial charge in [0.25, 0.3) is 0 Å². The maximum atomic E-state index is 13.1. The summed E-state index contributed by atoms with van der Waals surface area (Å²) in [6.45, 7) is -3.45. The third-order valence-corrected chi connectivity index (χ3v) is 9.80. The lowest BCUT2D eigenvalue weighted by atomic mass is 9.99. The van der Waals surface area contributed by atoms with Crippen molar-refractivity contribution in [2.24, 2.45) is 0 Å². The van der Waals surface area contributed by atoms with Gasteiger partial charge in [0.15, 0.2) is 35.4 Å². The van der Waals surface area contributed by atoms with Gasteiger partial charge < -0.3 is 98.8 Å². The third kappa shape index (κ3) is 10.3. The molecule has 0 aromatic heterocycles. The number of hydrogen-bond acceptors (Lipinski definition) is 22. The van der Waals surface area contributed by atoms with Crippen molar-refractivity contribution in [3.63, 3.8) is 0 Å². The number of rotatable bonds is 16. The number of esters is 2. The minimum atomic E-state index is -2.57. The van der Waals surface area contributed by atoms with Gasteiger partial charge in [-0.05, 0) is 47.5 Å². The van der Waals surface area contributed by atoms with E-state index in [1.54, 1.807) is 0 Å². The highest BCUT2D eigenvalue weighted by Gasteiger charge is 2.61. The number of aliphatic hydroxyl groups excluding tert-OH is 10. The second-order valence-corrected chi connectivity index (χ2v) is 13.7. The van der Waals surface area contributed by atoms with Crippen LogP contribution in [-0.2, 0) is 38.0 Å². The number of ether oxygens (including phenoxy) is 9. The zero-order valence-electron chi connectivity index (χ0n) is 32.0. The van der Waals surface area contributed by atoms with Crippen LogP contribution in [0.2, 0.25) is 0 Å². The molecule has 22 heteroatoms. The Morgan fingerprint density at radius 2 is 1.22 bits per heavy atom. The fraction of sp³-hybridized carbons (Fsp3) is 0.526. The fourth-order valence-corrected chi connectivity index (χ4v) is 6.44. The first-order valence-electron chi connectivity index (χ1n) is 18.3. The van der Waals surface area contributed by atoms with Crippen LogP contribution in [0.25, 0.3) is 12.2 Å². The molecule has 11 N–H and O–H groups in total. The number of carbonyl (C=O) groups excluding carboxylic acids is 2. The van der Waals surface area contributed by atoms with E-state index in [1.807, 2.05) is 0 Å². The Balaban J connectivity index is 1.29. The summed E-state index contributed by atoms with van der Waals surface area (Å²) in [6, 6.07) is 8.43. The molecule has 0 saturated carbocycles. The molecular formula is C38H48O22. The number of methoxy groups -OCH3 is 2. The van der Waals surface area contributed by atoms with Gasteiger partial charge in [-0.15, -0.1) is 0 Å². The van der Waals surface area contributed by atoms with Crippen LogP contribution in [0.4, 0.5) is 0 Å². The number of carbonyl (C=O) groups is 2. The van der Waals surface area contributed by atoms with Crippen LogP contribution in [-0.4, -0.2) is 194 Å². The smallest absolute Gasteiger partial charge is 0.331 e. The molecule has 3 saturated heterocycles. The number of aromatic hydroxyl groups is 1. The highest BCUT2D eigenvalue weighted by molar-refractivity contribution is 5.88. The van der Waals surface area contributed by atoms with Crippen molar-refractivity contribution >= 4 is 24.1 Å². The minimum Gasteiger partial charge on any atom is -0.504 e. The van der Waals surface area contributed by atoms with Crippen molar-refractivity contribution in [3.8, 4) is 23.0 Å².